The topological polar surface area (TPSA) is 58.9 Å². The van der Waals surface area contributed by atoms with Gasteiger partial charge in [0.15, 0.2) is 5.78 Å². The van der Waals surface area contributed by atoms with E-state index in [0.29, 0.717) is 42.4 Å². The molecule has 0 aromatic carbocycles. The van der Waals surface area contributed by atoms with Crippen LogP contribution in [-0.2, 0) is 9.63 Å². The summed E-state index contributed by atoms with van der Waals surface area (Å²) in [5.41, 5.74) is 1.02. The third-order valence-electron chi connectivity index (χ3n) is 3.89. The zero-order valence-electron chi connectivity index (χ0n) is 14.9. The molecule has 5 heteroatoms. The molecule has 132 valence electrons. The van der Waals surface area contributed by atoms with Crippen molar-refractivity contribution < 1.29 is 14.7 Å². The van der Waals surface area contributed by atoms with Crippen molar-refractivity contribution in [3.8, 4) is 0 Å². The Morgan fingerprint density at radius 2 is 2.09 bits per heavy atom. The number of allylic oxidation sites excluding steroid dienone is 2. The van der Waals surface area contributed by atoms with Gasteiger partial charge in [0.25, 0.3) is 0 Å². The minimum absolute atomic E-state index is 0.0137. The van der Waals surface area contributed by atoms with Gasteiger partial charge in [-0.25, -0.2) is 0 Å². The fourth-order valence-corrected chi connectivity index (χ4v) is 3.93. The standard InChI is InChI=1S/C18H31NO3S/c1-5-8-15(19-22-9-6-2)18-16(20)11-14(12-17(18)21)10-13(4)23-7-3/h13-14,20H,5-12H2,1-4H3. The van der Waals surface area contributed by atoms with Gasteiger partial charge < -0.3 is 9.94 Å². The fourth-order valence-electron chi connectivity index (χ4n) is 2.96. The molecule has 0 aromatic rings. The summed E-state index contributed by atoms with van der Waals surface area (Å²) in [5.74, 6) is 1.53. The number of aliphatic hydroxyl groups excluding tert-OH is 1. The Kier molecular flexibility index (Phi) is 9.37. The summed E-state index contributed by atoms with van der Waals surface area (Å²) in [4.78, 5) is 17.8. The number of ketones is 1. The quantitative estimate of drug-likeness (QED) is 0.349. The van der Waals surface area contributed by atoms with Crippen molar-refractivity contribution in [2.45, 2.75) is 71.5 Å². The monoisotopic (exact) mass is 341 g/mol. The van der Waals surface area contributed by atoms with Crippen LogP contribution in [0.4, 0.5) is 0 Å². The Balaban J connectivity index is 2.84. The Hall–Kier alpha value is -0.970. The molecule has 1 aliphatic rings. The van der Waals surface area contributed by atoms with Gasteiger partial charge in [0.2, 0.25) is 0 Å². The van der Waals surface area contributed by atoms with Gasteiger partial charge in [-0.1, -0.05) is 39.3 Å². The van der Waals surface area contributed by atoms with Gasteiger partial charge in [-0.3, -0.25) is 4.79 Å². The summed E-state index contributed by atoms with van der Waals surface area (Å²) < 4.78 is 0. The molecule has 2 atom stereocenters. The lowest BCUT2D eigenvalue weighted by atomic mass is 9.82. The molecule has 0 saturated heterocycles. The number of thioether (sulfide) groups is 1. The highest BCUT2D eigenvalue weighted by molar-refractivity contribution is 7.99. The van der Waals surface area contributed by atoms with Crippen LogP contribution in [0, 0.1) is 5.92 Å². The summed E-state index contributed by atoms with van der Waals surface area (Å²) in [6, 6.07) is 0. The first-order valence-corrected chi connectivity index (χ1v) is 9.84. The van der Waals surface area contributed by atoms with Crippen LogP contribution in [-0.4, -0.2) is 34.2 Å². The highest BCUT2D eigenvalue weighted by atomic mass is 32.2. The average Bonchev–Trinajstić information content (AvgIpc) is 2.47. The molecule has 0 amide bonds. The van der Waals surface area contributed by atoms with Crippen molar-refractivity contribution in [3.05, 3.63) is 11.3 Å². The summed E-state index contributed by atoms with van der Waals surface area (Å²) in [6.45, 7) is 8.91. The van der Waals surface area contributed by atoms with Crippen LogP contribution in [0.5, 0.6) is 0 Å². The molecule has 1 rings (SSSR count). The van der Waals surface area contributed by atoms with E-state index in [2.05, 4.69) is 19.0 Å². The fraction of sp³-hybridized carbons (Fsp3) is 0.778. The van der Waals surface area contributed by atoms with Crippen molar-refractivity contribution in [1.29, 1.82) is 0 Å². The van der Waals surface area contributed by atoms with Crippen LogP contribution in [0.1, 0.15) is 66.2 Å². The third kappa shape index (κ3) is 6.58. The summed E-state index contributed by atoms with van der Waals surface area (Å²) >= 11 is 1.90. The van der Waals surface area contributed by atoms with E-state index in [9.17, 15) is 9.90 Å². The van der Waals surface area contributed by atoms with E-state index in [1.807, 2.05) is 25.6 Å². The Labute approximate surface area is 144 Å². The van der Waals surface area contributed by atoms with E-state index in [1.54, 1.807) is 0 Å². The molecular weight excluding hydrogens is 310 g/mol. The number of nitrogens with zero attached hydrogens (tertiary/aromatic N) is 1. The molecule has 4 nitrogen and oxygen atoms in total. The van der Waals surface area contributed by atoms with E-state index in [-0.39, 0.29) is 17.5 Å². The molecule has 0 radical (unpaired) electrons. The van der Waals surface area contributed by atoms with E-state index >= 15 is 0 Å². The largest absolute Gasteiger partial charge is 0.511 e. The number of aliphatic hydroxyl groups is 1. The van der Waals surface area contributed by atoms with E-state index in [0.717, 1.165) is 25.0 Å². The van der Waals surface area contributed by atoms with Gasteiger partial charge in [-0.2, -0.15) is 11.8 Å². The van der Waals surface area contributed by atoms with Crippen molar-refractivity contribution >= 4 is 23.3 Å². The van der Waals surface area contributed by atoms with Crippen molar-refractivity contribution in [3.63, 3.8) is 0 Å². The number of Topliss-reactive ketones (excluding diaryl/α,β-unsaturated/α-hetero) is 1. The number of oxime groups is 1. The molecule has 23 heavy (non-hydrogen) atoms. The highest BCUT2D eigenvalue weighted by Crippen LogP contribution is 2.32. The number of hydrogen-bond donors (Lipinski definition) is 1. The van der Waals surface area contributed by atoms with Crippen LogP contribution in [0.3, 0.4) is 0 Å². The Morgan fingerprint density at radius 3 is 2.65 bits per heavy atom. The minimum Gasteiger partial charge on any atom is -0.511 e. The van der Waals surface area contributed by atoms with Crippen LogP contribution < -0.4 is 0 Å². The van der Waals surface area contributed by atoms with Gasteiger partial charge in [0.05, 0.1) is 11.3 Å². The van der Waals surface area contributed by atoms with Crippen LogP contribution in [0.15, 0.2) is 16.5 Å². The zero-order valence-corrected chi connectivity index (χ0v) is 15.7. The summed E-state index contributed by atoms with van der Waals surface area (Å²) in [6.07, 6.45) is 4.44. The van der Waals surface area contributed by atoms with Crippen molar-refractivity contribution in [2.75, 3.05) is 12.4 Å². The maximum absolute atomic E-state index is 12.5. The lowest BCUT2D eigenvalue weighted by Gasteiger charge is -2.25. The molecule has 0 fully saturated rings. The van der Waals surface area contributed by atoms with E-state index in [4.69, 9.17) is 4.84 Å². The molecule has 0 heterocycles. The first kappa shape index (κ1) is 20.1. The minimum atomic E-state index is 0.0137. The number of carbonyl (C=O) groups excluding carboxylic acids is 1. The molecule has 0 saturated carbocycles. The second-order valence-electron chi connectivity index (χ2n) is 6.14. The first-order valence-electron chi connectivity index (χ1n) is 8.79. The molecule has 1 aliphatic carbocycles. The number of rotatable bonds is 10. The molecule has 1 N–H and O–H groups in total. The van der Waals surface area contributed by atoms with Gasteiger partial charge in [-0.05, 0) is 30.9 Å². The Bertz CT molecular complexity index is 446. The smallest absolute Gasteiger partial charge is 0.168 e. The number of carbonyl (C=O) groups is 1. The first-order chi connectivity index (χ1) is 11.0. The second kappa shape index (κ2) is 10.7. The van der Waals surface area contributed by atoms with E-state index in [1.165, 1.54) is 0 Å². The lowest BCUT2D eigenvalue weighted by molar-refractivity contribution is -0.116. The maximum Gasteiger partial charge on any atom is 0.168 e. The third-order valence-corrected chi connectivity index (χ3v) is 4.98. The predicted octanol–water partition coefficient (Wildman–Crippen LogP) is 4.89. The molecular formula is C18H31NO3S. The Morgan fingerprint density at radius 1 is 1.35 bits per heavy atom. The van der Waals surface area contributed by atoms with Gasteiger partial charge in [0.1, 0.15) is 12.4 Å². The number of hydrogen-bond acceptors (Lipinski definition) is 5. The van der Waals surface area contributed by atoms with Crippen LogP contribution in [0.25, 0.3) is 0 Å². The van der Waals surface area contributed by atoms with Gasteiger partial charge >= 0.3 is 0 Å². The highest BCUT2D eigenvalue weighted by Gasteiger charge is 2.31. The van der Waals surface area contributed by atoms with Crippen LogP contribution in [0.2, 0.25) is 0 Å². The SMILES string of the molecule is CCCON=C(CCC)C1=C(O)CC(CC(C)SCC)CC1=O. The molecule has 0 aromatic heterocycles. The zero-order chi connectivity index (χ0) is 17.2. The molecule has 0 bridgehead atoms. The van der Waals surface area contributed by atoms with Crippen molar-refractivity contribution in [1.82, 2.24) is 0 Å². The average molecular weight is 342 g/mol. The molecule has 2 unspecified atom stereocenters. The molecule has 0 aliphatic heterocycles. The van der Waals surface area contributed by atoms with Gasteiger partial charge in [0, 0.05) is 18.1 Å². The van der Waals surface area contributed by atoms with E-state index < -0.39 is 0 Å². The lowest BCUT2D eigenvalue weighted by Crippen LogP contribution is -2.26. The second-order valence-corrected chi connectivity index (χ2v) is 7.86. The summed E-state index contributed by atoms with van der Waals surface area (Å²) in [5, 5.41) is 15.1. The maximum atomic E-state index is 12.5. The summed E-state index contributed by atoms with van der Waals surface area (Å²) in [7, 11) is 0. The van der Waals surface area contributed by atoms with Gasteiger partial charge in [-0.15, -0.1) is 0 Å². The van der Waals surface area contributed by atoms with Crippen molar-refractivity contribution in [2.24, 2.45) is 11.1 Å². The molecule has 0 spiro atoms. The van der Waals surface area contributed by atoms with Crippen LogP contribution >= 0.6 is 11.8 Å². The normalized spacial score (nSPS) is 20.8. The predicted molar refractivity (Wildman–Crippen MR) is 98.2 cm³/mol.